The summed E-state index contributed by atoms with van der Waals surface area (Å²) in [5.41, 5.74) is 0.295. The number of ether oxygens (including phenoxy) is 1. The summed E-state index contributed by atoms with van der Waals surface area (Å²) in [5, 5.41) is 3.49. The predicted octanol–water partition coefficient (Wildman–Crippen LogP) is 4.08. The highest BCUT2D eigenvalue weighted by Gasteiger charge is 2.16. The summed E-state index contributed by atoms with van der Waals surface area (Å²) in [6, 6.07) is 15.9. The monoisotopic (exact) mass is 399 g/mol. The molecule has 6 nitrogen and oxygen atoms in total. The summed E-state index contributed by atoms with van der Waals surface area (Å²) in [6.07, 6.45) is 3.01. The molecule has 136 valence electrons. The van der Waals surface area contributed by atoms with Gasteiger partial charge in [-0.25, -0.2) is 14.8 Å². The quantitative estimate of drug-likeness (QED) is 0.629. The number of nitrogens with zero attached hydrogens (tertiary/aromatic N) is 2. The number of aromatic nitrogens is 2. The Morgan fingerprint density at radius 1 is 1.04 bits per heavy atom. The lowest BCUT2D eigenvalue weighted by molar-refractivity contribution is -0.119. The van der Waals surface area contributed by atoms with Gasteiger partial charge in [0.05, 0.1) is 10.6 Å². The van der Waals surface area contributed by atoms with E-state index in [0.717, 1.165) is 4.90 Å². The maximum Gasteiger partial charge on any atom is 0.341 e. The minimum atomic E-state index is -0.624. The lowest BCUT2D eigenvalue weighted by Crippen LogP contribution is -2.21. The van der Waals surface area contributed by atoms with Gasteiger partial charge in [0.2, 0.25) is 0 Å². The Bertz CT molecular complexity index is 936. The van der Waals surface area contributed by atoms with Crippen LogP contribution in [0.3, 0.4) is 0 Å². The van der Waals surface area contributed by atoms with E-state index in [9.17, 15) is 9.59 Å². The highest BCUT2D eigenvalue weighted by Crippen LogP contribution is 2.28. The van der Waals surface area contributed by atoms with E-state index in [0.29, 0.717) is 21.4 Å². The van der Waals surface area contributed by atoms with Gasteiger partial charge in [-0.1, -0.05) is 41.6 Å². The van der Waals surface area contributed by atoms with Crippen molar-refractivity contribution in [2.75, 3.05) is 11.9 Å². The molecule has 0 bridgehead atoms. The van der Waals surface area contributed by atoms with Crippen molar-refractivity contribution in [2.45, 2.75) is 9.92 Å². The number of esters is 1. The fraction of sp³-hybridized carbons (Fsp3) is 0.0526. The summed E-state index contributed by atoms with van der Waals surface area (Å²) in [5.74, 6) is -0.803. The third kappa shape index (κ3) is 5.54. The van der Waals surface area contributed by atoms with Crippen LogP contribution in [0.4, 0.5) is 5.82 Å². The van der Waals surface area contributed by atoms with E-state index < -0.39 is 18.5 Å². The molecule has 0 spiro atoms. The minimum Gasteiger partial charge on any atom is -0.452 e. The molecule has 2 aromatic heterocycles. The number of carbonyl (C=O) groups excluding carboxylic acids is 2. The predicted molar refractivity (Wildman–Crippen MR) is 103 cm³/mol. The number of anilines is 1. The Morgan fingerprint density at radius 2 is 1.85 bits per heavy atom. The van der Waals surface area contributed by atoms with E-state index in [1.54, 1.807) is 30.5 Å². The van der Waals surface area contributed by atoms with Crippen molar-refractivity contribution in [3.8, 4) is 0 Å². The zero-order valence-corrected chi connectivity index (χ0v) is 15.5. The number of halogens is 1. The summed E-state index contributed by atoms with van der Waals surface area (Å²) < 4.78 is 5.11. The van der Waals surface area contributed by atoms with Crippen molar-refractivity contribution < 1.29 is 14.3 Å². The van der Waals surface area contributed by atoms with Crippen molar-refractivity contribution in [1.29, 1.82) is 0 Å². The molecule has 1 N–H and O–H groups in total. The normalized spacial score (nSPS) is 10.3. The van der Waals surface area contributed by atoms with E-state index in [2.05, 4.69) is 15.3 Å². The number of amides is 1. The van der Waals surface area contributed by atoms with Crippen LogP contribution in [0.5, 0.6) is 0 Å². The zero-order chi connectivity index (χ0) is 19.1. The Hall–Kier alpha value is -2.90. The number of hydrogen-bond acceptors (Lipinski definition) is 6. The van der Waals surface area contributed by atoms with Crippen LogP contribution < -0.4 is 5.32 Å². The second kappa shape index (κ2) is 9.16. The molecule has 0 aliphatic rings. The molecule has 2 heterocycles. The van der Waals surface area contributed by atoms with E-state index in [1.807, 2.05) is 30.3 Å². The van der Waals surface area contributed by atoms with Crippen LogP contribution >= 0.6 is 23.4 Å². The summed E-state index contributed by atoms with van der Waals surface area (Å²) in [4.78, 5) is 33.4. The Morgan fingerprint density at radius 3 is 2.59 bits per heavy atom. The van der Waals surface area contributed by atoms with Gasteiger partial charge in [0.25, 0.3) is 5.91 Å². The fourth-order valence-electron chi connectivity index (χ4n) is 2.07. The molecule has 0 saturated heterocycles. The van der Waals surface area contributed by atoms with Crippen molar-refractivity contribution >= 4 is 41.1 Å². The summed E-state index contributed by atoms with van der Waals surface area (Å²) >= 11 is 7.08. The number of carbonyl (C=O) groups is 2. The molecule has 0 unspecified atom stereocenters. The maximum absolute atomic E-state index is 12.4. The molecule has 0 fully saturated rings. The summed E-state index contributed by atoms with van der Waals surface area (Å²) in [7, 11) is 0. The lowest BCUT2D eigenvalue weighted by Gasteiger charge is -2.09. The number of benzene rings is 1. The van der Waals surface area contributed by atoms with E-state index in [-0.39, 0.29) is 0 Å². The largest absolute Gasteiger partial charge is 0.452 e. The molecule has 8 heteroatoms. The van der Waals surface area contributed by atoms with Gasteiger partial charge in [0.15, 0.2) is 6.61 Å². The lowest BCUT2D eigenvalue weighted by atomic mass is 10.3. The second-order valence-electron chi connectivity index (χ2n) is 5.26. The maximum atomic E-state index is 12.4. The fourth-order valence-corrected chi connectivity index (χ4v) is 3.07. The third-order valence-corrected chi connectivity index (χ3v) is 4.53. The van der Waals surface area contributed by atoms with Crippen LogP contribution in [0.15, 0.2) is 76.9 Å². The Labute approximate surface area is 164 Å². The average molecular weight is 400 g/mol. The molecule has 0 atom stereocenters. The van der Waals surface area contributed by atoms with Crippen molar-refractivity contribution in [3.63, 3.8) is 0 Å². The first-order valence-electron chi connectivity index (χ1n) is 7.88. The molecule has 0 saturated carbocycles. The van der Waals surface area contributed by atoms with Crippen LogP contribution in [0, 0.1) is 0 Å². The van der Waals surface area contributed by atoms with Gasteiger partial charge in [0.1, 0.15) is 10.8 Å². The van der Waals surface area contributed by atoms with Gasteiger partial charge in [-0.05, 0) is 36.4 Å². The standard InChI is InChI=1S/C19H14ClN3O3S/c20-13-8-9-16(22-11-13)23-17(24)12-26-19(25)15-7-4-10-21-18(15)27-14-5-2-1-3-6-14/h1-11H,12H2,(H,22,23,24). The number of hydrogen-bond donors (Lipinski definition) is 1. The summed E-state index contributed by atoms with van der Waals surface area (Å²) in [6.45, 7) is -0.437. The van der Waals surface area contributed by atoms with Crippen molar-refractivity contribution in [1.82, 2.24) is 9.97 Å². The molecule has 1 aromatic carbocycles. The second-order valence-corrected chi connectivity index (χ2v) is 6.76. The Balaban J connectivity index is 1.61. The first kappa shape index (κ1) is 18.9. The van der Waals surface area contributed by atoms with Gasteiger partial charge in [-0.2, -0.15) is 0 Å². The van der Waals surface area contributed by atoms with Crippen molar-refractivity contribution in [3.05, 3.63) is 77.6 Å². The highest BCUT2D eigenvalue weighted by atomic mass is 35.5. The topological polar surface area (TPSA) is 81.2 Å². The molecule has 0 radical (unpaired) electrons. The van der Waals surface area contributed by atoms with Gasteiger partial charge in [-0.3, -0.25) is 4.79 Å². The van der Waals surface area contributed by atoms with Gasteiger partial charge in [-0.15, -0.1) is 0 Å². The molecule has 1 amide bonds. The average Bonchev–Trinajstić information content (AvgIpc) is 2.69. The van der Waals surface area contributed by atoms with Crippen LogP contribution in [-0.4, -0.2) is 28.5 Å². The molecule has 0 aliphatic heterocycles. The van der Waals surface area contributed by atoms with E-state index >= 15 is 0 Å². The van der Waals surface area contributed by atoms with Crippen LogP contribution in [-0.2, 0) is 9.53 Å². The SMILES string of the molecule is O=C(COC(=O)c1cccnc1Sc1ccccc1)Nc1ccc(Cl)cn1. The smallest absolute Gasteiger partial charge is 0.341 e. The first-order chi connectivity index (χ1) is 13.1. The number of pyridine rings is 2. The number of rotatable bonds is 6. The Kier molecular flexibility index (Phi) is 6.40. The van der Waals surface area contributed by atoms with Crippen molar-refractivity contribution in [2.24, 2.45) is 0 Å². The third-order valence-electron chi connectivity index (χ3n) is 3.28. The molecular weight excluding hydrogens is 386 g/mol. The number of nitrogens with one attached hydrogen (secondary N) is 1. The highest BCUT2D eigenvalue weighted by molar-refractivity contribution is 7.99. The molecule has 3 rings (SSSR count). The zero-order valence-electron chi connectivity index (χ0n) is 14.0. The molecule has 0 aliphatic carbocycles. The van der Waals surface area contributed by atoms with Crippen LogP contribution in [0.1, 0.15) is 10.4 Å². The minimum absolute atomic E-state index is 0.295. The van der Waals surface area contributed by atoms with Gasteiger partial charge in [0, 0.05) is 17.3 Å². The first-order valence-corrected chi connectivity index (χ1v) is 9.08. The molecular formula is C19H14ClN3O3S. The molecule has 3 aromatic rings. The van der Waals surface area contributed by atoms with Gasteiger partial charge >= 0.3 is 5.97 Å². The van der Waals surface area contributed by atoms with Gasteiger partial charge < -0.3 is 10.1 Å². The van der Waals surface area contributed by atoms with E-state index in [1.165, 1.54) is 18.0 Å². The molecule has 27 heavy (non-hydrogen) atoms. The van der Waals surface area contributed by atoms with E-state index in [4.69, 9.17) is 16.3 Å². The van der Waals surface area contributed by atoms with Crippen LogP contribution in [0.2, 0.25) is 5.02 Å². The van der Waals surface area contributed by atoms with Crippen LogP contribution in [0.25, 0.3) is 0 Å².